The van der Waals surface area contributed by atoms with Gasteiger partial charge in [0.1, 0.15) is 0 Å². The molecule has 0 saturated carbocycles. The number of nitrogens with zero attached hydrogens (tertiary/aromatic N) is 2. The number of aryl methyl sites for hydroxylation is 1. The van der Waals surface area contributed by atoms with Crippen molar-refractivity contribution in [3.63, 3.8) is 0 Å². The molecule has 1 aromatic heterocycles. The zero-order valence-electron chi connectivity index (χ0n) is 16.4. The van der Waals surface area contributed by atoms with Crippen LogP contribution in [0.15, 0.2) is 60.9 Å². The average molecular weight is 409 g/mol. The number of carbonyl (C=O) groups is 1. The summed E-state index contributed by atoms with van der Waals surface area (Å²) in [6.07, 6.45) is 0.515. The fourth-order valence-electron chi connectivity index (χ4n) is 3.89. The number of carbonyl (C=O) groups excluding carboxylic acids is 1. The minimum absolute atomic E-state index is 0.0951. The molecule has 3 nitrogen and oxygen atoms in total. The van der Waals surface area contributed by atoms with Gasteiger partial charge < -0.3 is 4.90 Å². The molecule has 2 heterocycles. The van der Waals surface area contributed by atoms with Crippen LogP contribution in [0.25, 0.3) is 11.1 Å². The van der Waals surface area contributed by atoms with E-state index < -0.39 is 17.7 Å². The molecule has 0 spiro atoms. The summed E-state index contributed by atoms with van der Waals surface area (Å²) in [5.74, 6) is -0.554. The summed E-state index contributed by atoms with van der Waals surface area (Å²) in [6, 6.07) is 15.7. The minimum Gasteiger partial charge on any atom is -0.312 e. The highest BCUT2D eigenvalue weighted by atomic mass is 19.4. The molecule has 153 valence electrons. The van der Waals surface area contributed by atoms with Crippen molar-refractivity contribution in [1.82, 2.24) is 4.98 Å². The van der Waals surface area contributed by atoms with Gasteiger partial charge in [0.15, 0.2) is 0 Å². The van der Waals surface area contributed by atoms with Gasteiger partial charge in [-0.25, -0.2) is 0 Å². The second-order valence-electron chi connectivity index (χ2n) is 7.46. The van der Waals surface area contributed by atoms with Gasteiger partial charge >= 0.3 is 6.18 Å². The van der Waals surface area contributed by atoms with Crippen molar-refractivity contribution < 1.29 is 18.0 Å². The summed E-state index contributed by atoms with van der Waals surface area (Å²) in [7, 11) is 0. The number of hydrogen-bond donors (Lipinski definition) is 0. The third-order valence-electron chi connectivity index (χ3n) is 5.49. The summed E-state index contributed by atoms with van der Waals surface area (Å²) in [5, 5.41) is 0. The number of halogens is 3. The van der Waals surface area contributed by atoms with Gasteiger partial charge in [0.2, 0.25) is 5.91 Å². The van der Waals surface area contributed by atoms with Gasteiger partial charge in [-0.1, -0.05) is 18.2 Å². The molecular formula is C24H20F3N2O. The first-order chi connectivity index (χ1) is 14.3. The Labute approximate surface area is 173 Å². The van der Waals surface area contributed by atoms with Crippen molar-refractivity contribution in [2.24, 2.45) is 0 Å². The molecule has 4 rings (SSSR count). The molecule has 0 bridgehead atoms. The number of anilines is 1. The molecule has 0 N–H and O–H groups in total. The van der Waals surface area contributed by atoms with Crippen LogP contribution < -0.4 is 4.90 Å². The average Bonchev–Trinajstić information content (AvgIpc) is 2.74. The molecule has 1 aliphatic heterocycles. The predicted octanol–water partition coefficient (Wildman–Crippen LogP) is 5.79. The molecule has 1 aliphatic rings. The Hall–Kier alpha value is -3.15. The van der Waals surface area contributed by atoms with Gasteiger partial charge in [-0.2, -0.15) is 13.2 Å². The first kappa shape index (κ1) is 20.1. The van der Waals surface area contributed by atoms with Crippen LogP contribution >= 0.6 is 0 Å². The van der Waals surface area contributed by atoms with E-state index in [1.54, 1.807) is 11.1 Å². The summed E-state index contributed by atoms with van der Waals surface area (Å²) in [6.45, 7) is 2.59. The van der Waals surface area contributed by atoms with E-state index >= 15 is 0 Å². The molecule has 2 aromatic carbocycles. The topological polar surface area (TPSA) is 33.2 Å². The summed E-state index contributed by atoms with van der Waals surface area (Å²) in [5.41, 5.74) is 3.72. The van der Waals surface area contributed by atoms with Gasteiger partial charge in [0.05, 0.1) is 11.5 Å². The summed E-state index contributed by atoms with van der Waals surface area (Å²) in [4.78, 5) is 18.9. The predicted molar refractivity (Wildman–Crippen MR) is 109 cm³/mol. The molecule has 1 saturated heterocycles. The van der Waals surface area contributed by atoms with Crippen molar-refractivity contribution in [2.45, 2.75) is 31.9 Å². The van der Waals surface area contributed by atoms with Crippen molar-refractivity contribution >= 4 is 11.6 Å². The molecule has 1 fully saturated rings. The highest BCUT2D eigenvalue weighted by molar-refractivity contribution is 5.99. The molecule has 1 atom stereocenters. The number of benzene rings is 2. The van der Waals surface area contributed by atoms with Crippen molar-refractivity contribution in [1.29, 1.82) is 0 Å². The van der Waals surface area contributed by atoms with E-state index in [2.05, 4.69) is 11.1 Å². The number of aromatic nitrogens is 1. The van der Waals surface area contributed by atoms with Crippen LogP contribution in [0.3, 0.4) is 0 Å². The molecule has 3 aromatic rings. The van der Waals surface area contributed by atoms with Crippen molar-refractivity contribution in [3.8, 4) is 11.1 Å². The van der Waals surface area contributed by atoms with Gasteiger partial charge in [-0.15, -0.1) is 0 Å². The lowest BCUT2D eigenvalue weighted by Gasteiger charge is -2.32. The Morgan fingerprint density at radius 1 is 1.10 bits per heavy atom. The van der Waals surface area contributed by atoms with Crippen molar-refractivity contribution in [3.05, 3.63) is 83.7 Å². The van der Waals surface area contributed by atoms with Crippen LogP contribution in [-0.2, 0) is 11.0 Å². The second kappa shape index (κ2) is 7.94. The van der Waals surface area contributed by atoms with Crippen LogP contribution in [0.5, 0.6) is 0 Å². The highest BCUT2D eigenvalue weighted by Gasteiger charge is 2.33. The molecule has 1 amide bonds. The largest absolute Gasteiger partial charge is 0.417 e. The van der Waals surface area contributed by atoms with Crippen molar-refractivity contribution in [2.75, 3.05) is 11.4 Å². The zero-order valence-corrected chi connectivity index (χ0v) is 16.4. The second-order valence-corrected chi connectivity index (χ2v) is 7.46. The van der Waals surface area contributed by atoms with E-state index in [-0.39, 0.29) is 5.91 Å². The smallest absolute Gasteiger partial charge is 0.312 e. The maximum atomic E-state index is 13.1. The number of piperidine rings is 1. The first-order valence-corrected chi connectivity index (χ1v) is 9.76. The standard InChI is InChI=1S/C24H20F3N2O/c1-16-15-28-13-12-21(16)17-6-10-20(11-7-17)29-14-2-3-22(23(29)30)18-4-8-19(9-5-18)24(25,26)27/h4-8,10-13,15,22H,2-3,14H2,1H3. The number of hydrogen-bond acceptors (Lipinski definition) is 2. The van der Waals surface area contributed by atoms with E-state index in [1.807, 2.05) is 43.5 Å². The van der Waals surface area contributed by atoms with E-state index in [9.17, 15) is 18.0 Å². The molecule has 1 unspecified atom stereocenters. The maximum absolute atomic E-state index is 13.1. The van der Waals surface area contributed by atoms with Gasteiger partial charge in [-0.3, -0.25) is 9.78 Å². The molecule has 6 heteroatoms. The van der Waals surface area contributed by atoms with E-state index in [1.165, 1.54) is 12.1 Å². The Bertz CT molecular complexity index is 1040. The number of pyridine rings is 1. The normalized spacial score (nSPS) is 17.3. The first-order valence-electron chi connectivity index (χ1n) is 9.76. The Balaban J connectivity index is 1.55. The van der Waals surface area contributed by atoms with E-state index in [4.69, 9.17) is 0 Å². The fourth-order valence-corrected chi connectivity index (χ4v) is 3.89. The lowest BCUT2D eigenvalue weighted by Crippen LogP contribution is -2.40. The quantitative estimate of drug-likeness (QED) is 0.549. The fraction of sp³-hybridized carbons (Fsp3) is 0.250. The van der Waals surface area contributed by atoms with Gasteiger partial charge in [0.25, 0.3) is 0 Å². The Morgan fingerprint density at radius 2 is 1.87 bits per heavy atom. The third-order valence-corrected chi connectivity index (χ3v) is 5.49. The molecule has 1 radical (unpaired) electrons. The molecule has 30 heavy (non-hydrogen) atoms. The number of alkyl halides is 3. The number of amides is 1. The lowest BCUT2D eigenvalue weighted by molar-refractivity contribution is -0.137. The monoisotopic (exact) mass is 409 g/mol. The van der Waals surface area contributed by atoms with E-state index in [0.717, 1.165) is 34.9 Å². The molecular weight excluding hydrogens is 389 g/mol. The maximum Gasteiger partial charge on any atom is 0.417 e. The van der Waals surface area contributed by atoms with Gasteiger partial charge in [-0.05, 0) is 78.4 Å². The van der Waals surface area contributed by atoms with Crippen LogP contribution in [0, 0.1) is 13.0 Å². The third kappa shape index (κ3) is 3.95. The highest BCUT2D eigenvalue weighted by Crippen LogP contribution is 2.34. The van der Waals surface area contributed by atoms with Crippen LogP contribution in [0.2, 0.25) is 0 Å². The van der Waals surface area contributed by atoms with Crippen LogP contribution in [0.4, 0.5) is 18.9 Å². The zero-order chi connectivity index (χ0) is 21.3. The Morgan fingerprint density at radius 3 is 2.50 bits per heavy atom. The lowest BCUT2D eigenvalue weighted by atomic mass is 9.89. The number of rotatable bonds is 3. The van der Waals surface area contributed by atoms with Crippen LogP contribution in [0.1, 0.15) is 35.4 Å². The van der Waals surface area contributed by atoms with Crippen LogP contribution in [-0.4, -0.2) is 17.4 Å². The summed E-state index contributed by atoms with van der Waals surface area (Å²) < 4.78 is 38.4. The summed E-state index contributed by atoms with van der Waals surface area (Å²) >= 11 is 0. The molecule has 0 aliphatic carbocycles. The SMILES string of the molecule is Cc1cnccc1-c1ccc(N2CCCC(c3c[c]c(C(F)(F)F)cc3)C2=O)cc1. The minimum atomic E-state index is -4.43. The van der Waals surface area contributed by atoms with E-state index in [0.29, 0.717) is 18.5 Å². The van der Waals surface area contributed by atoms with Gasteiger partial charge in [0, 0.05) is 24.6 Å². The Kier molecular flexibility index (Phi) is 5.33.